The minimum absolute atomic E-state index is 0.0857. The van der Waals surface area contributed by atoms with E-state index in [-0.39, 0.29) is 17.3 Å². The molecule has 0 fully saturated rings. The molecule has 0 aliphatic rings. The van der Waals surface area contributed by atoms with Crippen LogP contribution in [0.3, 0.4) is 0 Å². The van der Waals surface area contributed by atoms with E-state index in [1.165, 1.54) is 6.07 Å². The summed E-state index contributed by atoms with van der Waals surface area (Å²) in [5.41, 5.74) is 4.90. The third-order valence-electron chi connectivity index (χ3n) is 6.06. The van der Waals surface area contributed by atoms with Gasteiger partial charge in [0.15, 0.2) is 11.2 Å². The molecule has 2 aromatic carbocycles. The first-order chi connectivity index (χ1) is 16.9. The summed E-state index contributed by atoms with van der Waals surface area (Å²) in [6.45, 7) is 5.69. The molecule has 3 heterocycles. The van der Waals surface area contributed by atoms with Gasteiger partial charge in [-0.25, -0.2) is 4.39 Å². The third kappa shape index (κ3) is 4.19. The molecule has 0 aliphatic carbocycles. The molecule has 5 nitrogen and oxygen atoms in total. The van der Waals surface area contributed by atoms with Gasteiger partial charge < -0.3 is 9.73 Å². The van der Waals surface area contributed by atoms with E-state index in [0.717, 1.165) is 11.1 Å². The average molecular weight is 466 g/mol. The molecule has 3 aromatic heterocycles. The first-order valence-electron chi connectivity index (χ1n) is 11.4. The van der Waals surface area contributed by atoms with Gasteiger partial charge in [-0.1, -0.05) is 24.3 Å². The predicted octanol–water partition coefficient (Wildman–Crippen LogP) is 6.85. The van der Waals surface area contributed by atoms with Crippen molar-refractivity contribution in [2.75, 3.05) is 5.32 Å². The number of hydrogen-bond donors (Lipinski definition) is 1. The van der Waals surface area contributed by atoms with Crippen molar-refractivity contribution in [2.45, 2.75) is 26.8 Å². The number of pyridine rings is 2. The fraction of sp³-hybridized carbons (Fsp3) is 0.138. The molecule has 0 aliphatic heterocycles. The van der Waals surface area contributed by atoms with Crippen LogP contribution in [-0.2, 0) is 0 Å². The molecule has 1 N–H and O–H groups in total. The largest absolute Gasteiger partial charge is 0.454 e. The second kappa shape index (κ2) is 9.14. The Hall–Kier alpha value is -4.32. The van der Waals surface area contributed by atoms with Gasteiger partial charge in [0.1, 0.15) is 17.1 Å². The molecule has 0 unspecified atom stereocenters. The number of benzene rings is 2. The van der Waals surface area contributed by atoms with Crippen molar-refractivity contribution >= 4 is 16.7 Å². The van der Waals surface area contributed by atoms with Gasteiger partial charge in [-0.15, -0.1) is 0 Å². The molecule has 0 amide bonds. The second-order valence-electron chi connectivity index (χ2n) is 8.58. The summed E-state index contributed by atoms with van der Waals surface area (Å²) in [6, 6.07) is 19.3. The molecule has 0 radical (unpaired) electrons. The highest BCUT2D eigenvalue weighted by molar-refractivity contribution is 5.84. The van der Waals surface area contributed by atoms with Gasteiger partial charge in [0, 0.05) is 29.1 Å². The lowest BCUT2D eigenvalue weighted by Gasteiger charge is -2.20. The molecular weight excluding hydrogens is 441 g/mol. The fourth-order valence-electron chi connectivity index (χ4n) is 4.33. The minimum atomic E-state index is -0.343. The van der Waals surface area contributed by atoms with Crippen molar-refractivity contribution in [1.29, 1.82) is 0 Å². The molecule has 0 saturated heterocycles. The maximum Gasteiger partial charge on any atom is 0.196 e. The van der Waals surface area contributed by atoms with Crippen molar-refractivity contribution < 1.29 is 8.81 Å². The highest BCUT2D eigenvalue weighted by Crippen LogP contribution is 2.34. The SMILES string of the molecule is Cc1cc([C@@H](C)Nc2cccnc2-c2ccccc2F)c2oc(-c3ccccn3)c(C)c(=O)c2c1. The van der Waals surface area contributed by atoms with Crippen molar-refractivity contribution in [3.05, 3.63) is 112 Å². The lowest BCUT2D eigenvalue weighted by molar-refractivity contribution is 0.603. The lowest BCUT2D eigenvalue weighted by Crippen LogP contribution is -2.13. The number of hydrogen-bond acceptors (Lipinski definition) is 5. The number of aromatic nitrogens is 2. The number of halogens is 1. The molecular formula is C29H24FN3O2. The third-order valence-corrected chi connectivity index (χ3v) is 6.06. The first kappa shape index (κ1) is 22.5. The van der Waals surface area contributed by atoms with E-state index < -0.39 is 0 Å². The molecule has 35 heavy (non-hydrogen) atoms. The van der Waals surface area contributed by atoms with Crippen LogP contribution < -0.4 is 10.7 Å². The Bertz CT molecular complexity index is 1600. The van der Waals surface area contributed by atoms with Crippen LogP contribution in [-0.4, -0.2) is 9.97 Å². The molecule has 5 rings (SSSR count). The first-order valence-corrected chi connectivity index (χ1v) is 11.4. The zero-order valence-corrected chi connectivity index (χ0v) is 19.7. The van der Waals surface area contributed by atoms with Gasteiger partial charge in [-0.3, -0.25) is 14.8 Å². The summed E-state index contributed by atoms with van der Waals surface area (Å²) in [7, 11) is 0. The van der Waals surface area contributed by atoms with Crippen molar-refractivity contribution in [1.82, 2.24) is 9.97 Å². The van der Waals surface area contributed by atoms with E-state index in [1.807, 2.05) is 50.2 Å². The van der Waals surface area contributed by atoms with E-state index >= 15 is 0 Å². The molecule has 5 aromatic rings. The number of anilines is 1. The van der Waals surface area contributed by atoms with Crippen molar-refractivity contribution in [3.8, 4) is 22.7 Å². The minimum Gasteiger partial charge on any atom is -0.454 e. The quantitative estimate of drug-likeness (QED) is 0.308. The van der Waals surface area contributed by atoms with Crippen LogP contribution in [0.5, 0.6) is 0 Å². The molecule has 0 bridgehead atoms. The van der Waals surface area contributed by atoms with E-state index in [0.29, 0.717) is 44.9 Å². The van der Waals surface area contributed by atoms with Crippen LogP contribution in [0.2, 0.25) is 0 Å². The van der Waals surface area contributed by atoms with Gasteiger partial charge in [-0.05, 0) is 68.8 Å². The molecule has 6 heteroatoms. The Morgan fingerprint density at radius 3 is 2.49 bits per heavy atom. The number of aryl methyl sites for hydroxylation is 1. The molecule has 174 valence electrons. The molecule has 0 spiro atoms. The van der Waals surface area contributed by atoms with Crippen LogP contribution in [0.4, 0.5) is 10.1 Å². The summed E-state index contributed by atoms with van der Waals surface area (Å²) >= 11 is 0. The van der Waals surface area contributed by atoms with Crippen LogP contribution in [0.25, 0.3) is 33.7 Å². The van der Waals surface area contributed by atoms with E-state index in [4.69, 9.17) is 4.42 Å². The average Bonchev–Trinajstić information content (AvgIpc) is 2.87. The number of fused-ring (bicyclic) bond motifs is 1. The van der Waals surface area contributed by atoms with Crippen molar-refractivity contribution in [2.24, 2.45) is 0 Å². The summed E-state index contributed by atoms with van der Waals surface area (Å²) in [6.07, 6.45) is 3.31. The second-order valence-corrected chi connectivity index (χ2v) is 8.58. The predicted molar refractivity (Wildman–Crippen MR) is 137 cm³/mol. The van der Waals surface area contributed by atoms with Crippen molar-refractivity contribution in [3.63, 3.8) is 0 Å². The van der Waals surface area contributed by atoms with Crippen LogP contribution in [0.15, 0.2) is 88.3 Å². The maximum absolute atomic E-state index is 14.5. The highest BCUT2D eigenvalue weighted by Gasteiger charge is 2.20. The molecule has 0 saturated carbocycles. The van der Waals surface area contributed by atoms with Crippen LogP contribution in [0.1, 0.15) is 29.7 Å². The van der Waals surface area contributed by atoms with Gasteiger partial charge in [0.25, 0.3) is 0 Å². The monoisotopic (exact) mass is 465 g/mol. The van der Waals surface area contributed by atoms with E-state index in [9.17, 15) is 9.18 Å². The Balaban J connectivity index is 1.64. The normalized spacial score (nSPS) is 12.0. The Morgan fingerprint density at radius 2 is 1.71 bits per heavy atom. The number of nitrogens with one attached hydrogen (secondary N) is 1. The smallest absolute Gasteiger partial charge is 0.196 e. The number of rotatable bonds is 5. The lowest BCUT2D eigenvalue weighted by atomic mass is 9.99. The van der Waals surface area contributed by atoms with Gasteiger partial charge in [0.05, 0.1) is 22.8 Å². The van der Waals surface area contributed by atoms with Crippen LogP contribution in [0, 0.1) is 19.7 Å². The summed E-state index contributed by atoms with van der Waals surface area (Å²) in [5.74, 6) is 0.109. The summed E-state index contributed by atoms with van der Waals surface area (Å²) < 4.78 is 20.9. The standard InChI is InChI=1S/C29H24FN3O2/c1-17-15-21(19(3)33-24-12-8-14-32-26(24)20-9-4-5-10-23(20)30)29-22(16-17)27(34)18(2)28(35-29)25-11-6-7-13-31-25/h4-16,19,33H,1-3H3/t19-/m1/s1. The number of nitrogens with zero attached hydrogens (tertiary/aromatic N) is 2. The Labute approximate surface area is 202 Å². The zero-order chi connectivity index (χ0) is 24.5. The zero-order valence-electron chi connectivity index (χ0n) is 19.7. The van der Waals surface area contributed by atoms with Gasteiger partial charge in [-0.2, -0.15) is 0 Å². The maximum atomic E-state index is 14.5. The van der Waals surface area contributed by atoms with E-state index in [2.05, 4.69) is 15.3 Å². The Kier molecular flexibility index (Phi) is 5.87. The summed E-state index contributed by atoms with van der Waals surface area (Å²) in [5, 5.41) is 3.98. The summed E-state index contributed by atoms with van der Waals surface area (Å²) in [4.78, 5) is 22.1. The topological polar surface area (TPSA) is 68.0 Å². The molecule has 1 atom stereocenters. The van der Waals surface area contributed by atoms with Crippen LogP contribution >= 0.6 is 0 Å². The fourth-order valence-corrected chi connectivity index (χ4v) is 4.33. The Morgan fingerprint density at radius 1 is 0.943 bits per heavy atom. The van der Waals surface area contributed by atoms with Gasteiger partial charge in [0.2, 0.25) is 0 Å². The highest BCUT2D eigenvalue weighted by atomic mass is 19.1. The van der Waals surface area contributed by atoms with Gasteiger partial charge >= 0.3 is 0 Å². The van der Waals surface area contributed by atoms with E-state index in [1.54, 1.807) is 43.6 Å².